The van der Waals surface area contributed by atoms with Gasteiger partial charge in [-0.25, -0.2) is 14.4 Å². The van der Waals surface area contributed by atoms with E-state index in [0.29, 0.717) is 17.3 Å². The van der Waals surface area contributed by atoms with E-state index < -0.39 is 0 Å². The average molecular weight is 311 g/mol. The van der Waals surface area contributed by atoms with E-state index in [1.54, 1.807) is 12.1 Å². The summed E-state index contributed by atoms with van der Waals surface area (Å²) in [6, 6.07) is 6.20. The number of hydrogen-bond donors (Lipinski definition) is 2. The Morgan fingerprint density at radius 1 is 1.28 bits per heavy atom. The van der Waals surface area contributed by atoms with Crippen molar-refractivity contribution in [1.82, 2.24) is 9.97 Å². The molecule has 1 aromatic carbocycles. The van der Waals surface area contributed by atoms with E-state index in [0.717, 1.165) is 11.0 Å². The van der Waals surface area contributed by atoms with Crippen LogP contribution in [-0.4, -0.2) is 16.5 Å². The van der Waals surface area contributed by atoms with Gasteiger partial charge in [0.2, 0.25) is 0 Å². The van der Waals surface area contributed by atoms with Crippen molar-refractivity contribution in [1.29, 1.82) is 0 Å². The Morgan fingerprint density at radius 2 is 2.06 bits per heavy atom. The quantitative estimate of drug-likeness (QED) is 0.906. The van der Waals surface area contributed by atoms with Crippen LogP contribution in [0.25, 0.3) is 0 Å². The molecule has 94 valence electrons. The third-order valence-corrected chi connectivity index (χ3v) is 2.97. The minimum atomic E-state index is -0.294. The molecule has 0 saturated carbocycles. The van der Waals surface area contributed by atoms with Gasteiger partial charge in [0.15, 0.2) is 0 Å². The second kappa shape index (κ2) is 5.77. The zero-order chi connectivity index (χ0) is 13.0. The van der Waals surface area contributed by atoms with Gasteiger partial charge in [-0.1, -0.05) is 6.07 Å². The van der Waals surface area contributed by atoms with Crippen LogP contribution in [0.2, 0.25) is 0 Å². The van der Waals surface area contributed by atoms with Crippen LogP contribution in [0.1, 0.15) is 6.92 Å². The van der Waals surface area contributed by atoms with E-state index in [2.05, 4.69) is 36.5 Å². The molecule has 0 amide bonds. The number of nitrogens with zero attached hydrogens (tertiary/aromatic N) is 2. The number of benzene rings is 1. The van der Waals surface area contributed by atoms with Crippen LogP contribution < -0.4 is 10.6 Å². The summed E-state index contributed by atoms with van der Waals surface area (Å²) in [5, 5.41) is 6.14. The molecule has 0 fully saturated rings. The lowest BCUT2D eigenvalue weighted by molar-refractivity contribution is 0.628. The van der Waals surface area contributed by atoms with E-state index >= 15 is 0 Å². The number of rotatable bonds is 4. The third kappa shape index (κ3) is 2.95. The van der Waals surface area contributed by atoms with Gasteiger partial charge in [-0.15, -0.1) is 0 Å². The first kappa shape index (κ1) is 12.8. The highest BCUT2D eigenvalue weighted by molar-refractivity contribution is 9.10. The lowest BCUT2D eigenvalue weighted by Crippen LogP contribution is -2.03. The summed E-state index contributed by atoms with van der Waals surface area (Å²) in [4.78, 5) is 8.22. The molecule has 2 aromatic rings. The highest BCUT2D eigenvalue weighted by atomic mass is 79.9. The Morgan fingerprint density at radius 3 is 2.78 bits per heavy atom. The van der Waals surface area contributed by atoms with E-state index in [-0.39, 0.29) is 5.82 Å². The molecule has 0 aliphatic carbocycles. The fourth-order valence-electron chi connectivity index (χ4n) is 1.45. The normalized spacial score (nSPS) is 10.2. The van der Waals surface area contributed by atoms with Gasteiger partial charge in [0.1, 0.15) is 28.3 Å². The molecular weight excluding hydrogens is 299 g/mol. The Bertz CT molecular complexity index is 547. The number of hydrogen-bond acceptors (Lipinski definition) is 4. The molecule has 0 radical (unpaired) electrons. The molecule has 0 saturated heterocycles. The molecule has 4 nitrogen and oxygen atoms in total. The molecule has 0 unspecified atom stereocenters. The predicted octanol–water partition coefficient (Wildman–Crippen LogP) is 3.55. The second-order valence-corrected chi connectivity index (χ2v) is 4.34. The Balaban J connectivity index is 2.26. The average Bonchev–Trinajstić information content (AvgIpc) is 2.35. The lowest BCUT2D eigenvalue weighted by Gasteiger charge is -2.10. The van der Waals surface area contributed by atoms with Gasteiger partial charge in [0, 0.05) is 12.2 Å². The fourth-order valence-corrected chi connectivity index (χ4v) is 1.89. The van der Waals surface area contributed by atoms with Gasteiger partial charge in [-0.05, 0) is 41.1 Å². The van der Waals surface area contributed by atoms with Crippen molar-refractivity contribution in [3.05, 3.63) is 40.9 Å². The number of halogens is 2. The summed E-state index contributed by atoms with van der Waals surface area (Å²) < 4.78 is 13.8. The van der Waals surface area contributed by atoms with Crippen LogP contribution in [0, 0.1) is 5.82 Å². The second-order valence-electron chi connectivity index (χ2n) is 3.55. The molecule has 0 atom stereocenters. The van der Waals surface area contributed by atoms with E-state index in [4.69, 9.17) is 0 Å². The van der Waals surface area contributed by atoms with Gasteiger partial charge in [0.25, 0.3) is 0 Å². The van der Waals surface area contributed by atoms with Crippen LogP contribution in [0.4, 0.5) is 21.7 Å². The SMILES string of the molecule is CCNc1ncnc(Nc2cccc(F)c2)c1Br. The molecule has 2 N–H and O–H groups in total. The molecule has 1 aromatic heterocycles. The zero-order valence-electron chi connectivity index (χ0n) is 9.74. The molecule has 0 aliphatic heterocycles. The predicted molar refractivity (Wildman–Crippen MR) is 73.6 cm³/mol. The highest BCUT2D eigenvalue weighted by Gasteiger charge is 2.08. The van der Waals surface area contributed by atoms with Crippen molar-refractivity contribution < 1.29 is 4.39 Å². The van der Waals surface area contributed by atoms with Crippen LogP contribution in [0.3, 0.4) is 0 Å². The van der Waals surface area contributed by atoms with Gasteiger partial charge in [-0.3, -0.25) is 0 Å². The van der Waals surface area contributed by atoms with E-state index in [9.17, 15) is 4.39 Å². The van der Waals surface area contributed by atoms with Crippen LogP contribution in [0.5, 0.6) is 0 Å². The monoisotopic (exact) mass is 310 g/mol. The van der Waals surface area contributed by atoms with E-state index in [1.807, 2.05) is 6.92 Å². The molecule has 6 heteroatoms. The maximum atomic E-state index is 13.1. The summed E-state index contributed by atoms with van der Waals surface area (Å²) in [6.07, 6.45) is 1.45. The van der Waals surface area contributed by atoms with Gasteiger partial charge in [-0.2, -0.15) is 0 Å². The Labute approximate surface area is 113 Å². The standard InChI is InChI=1S/C12H12BrFN4/c1-2-15-11-10(13)12(17-7-16-11)18-9-5-3-4-8(14)6-9/h3-7H,2H2,1H3,(H2,15,16,17,18). The smallest absolute Gasteiger partial charge is 0.150 e. The number of aromatic nitrogens is 2. The summed E-state index contributed by atoms with van der Waals surface area (Å²) in [5.41, 5.74) is 0.636. The topological polar surface area (TPSA) is 49.8 Å². The van der Waals surface area contributed by atoms with Crippen LogP contribution in [-0.2, 0) is 0 Å². The van der Waals surface area contributed by atoms with Gasteiger partial charge in [0.05, 0.1) is 0 Å². The van der Waals surface area contributed by atoms with Crippen LogP contribution in [0.15, 0.2) is 35.1 Å². The molecule has 0 bridgehead atoms. The van der Waals surface area contributed by atoms with Gasteiger partial charge < -0.3 is 10.6 Å². The molecule has 18 heavy (non-hydrogen) atoms. The fraction of sp³-hybridized carbons (Fsp3) is 0.167. The molecular formula is C12H12BrFN4. The van der Waals surface area contributed by atoms with Gasteiger partial charge >= 0.3 is 0 Å². The maximum absolute atomic E-state index is 13.1. The third-order valence-electron chi connectivity index (χ3n) is 2.22. The maximum Gasteiger partial charge on any atom is 0.150 e. The van der Waals surface area contributed by atoms with Crippen LogP contribution >= 0.6 is 15.9 Å². The van der Waals surface area contributed by atoms with Crippen molar-refractivity contribution in [2.75, 3.05) is 17.2 Å². The summed E-state index contributed by atoms with van der Waals surface area (Å²) in [7, 11) is 0. The highest BCUT2D eigenvalue weighted by Crippen LogP contribution is 2.28. The Kier molecular flexibility index (Phi) is 4.09. The first-order valence-electron chi connectivity index (χ1n) is 5.47. The van der Waals surface area contributed by atoms with Crippen molar-refractivity contribution >= 4 is 33.3 Å². The molecule has 0 spiro atoms. The molecule has 0 aliphatic rings. The van der Waals surface area contributed by atoms with Crippen molar-refractivity contribution in [3.8, 4) is 0 Å². The minimum Gasteiger partial charge on any atom is -0.369 e. The van der Waals surface area contributed by atoms with E-state index in [1.165, 1.54) is 18.5 Å². The number of nitrogens with one attached hydrogen (secondary N) is 2. The first-order valence-corrected chi connectivity index (χ1v) is 6.27. The van der Waals surface area contributed by atoms with Crippen molar-refractivity contribution in [2.24, 2.45) is 0 Å². The molecule has 1 heterocycles. The largest absolute Gasteiger partial charge is 0.369 e. The lowest BCUT2D eigenvalue weighted by atomic mass is 10.3. The molecule has 2 rings (SSSR count). The summed E-state index contributed by atoms with van der Waals surface area (Å²) in [6.45, 7) is 2.74. The number of anilines is 3. The first-order chi connectivity index (χ1) is 8.70. The van der Waals surface area contributed by atoms with Crippen molar-refractivity contribution in [2.45, 2.75) is 6.92 Å². The van der Waals surface area contributed by atoms with Crippen molar-refractivity contribution in [3.63, 3.8) is 0 Å². The zero-order valence-corrected chi connectivity index (χ0v) is 11.3. The summed E-state index contributed by atoms with van der Waals surface area (Å²) >= 11 is 3.41. The summed E-state index contributed by atoms with van der Waals surface area (Å²) in [5.74, 6) is 0.995. The Hall–Kier alpha value is -1.69. The minimum absolute atomic E-state index is 0.294.